The van der Waals surface area contributed by atoms with E-state index in [0.29, 0.717) is 5.37 Å². The summed E-state index contributed by atoms with van der Waals surface area (Å²) in [5.41, 5.74) is 0. The average Bonchev–Trinajstić information content (AvgIpc) is 1.91. The molecular weight excluding hydrogens is 130 g/mol. The lowest BCUT2D eigenvalue weighted by molar-refractivity contribution is 0.865. The molecule has 1 unspecified atom stereocenters. The summed E-state index contributed by atoms with van der Waals surface area (Å²) in [7, 11) is 1.95. The van der Waals surface area contributed by atoms with E-state index in [1.165, 1.54) is 12.2 Å². The first-order chi connectivity index (χ1) is 4.35. The van der Waals surface area contributed by atoms with Gasteiger partial charge in [-0.15, -0.1) is 18.3 Å². The Morgan fingerprint density at radius 3 is 2.78 bits per heavy atom. The van der Waals surface area contributed by atoms with Crippen LogP contribution in [0.3, 0.4) is 0 Å². The predicted octanol–water partition coefficient (Wildman–Crippen LogP) is 1.86. The van der Waals surface area contributed by atoms with Gasteiger partial charge in [-0.2, -0.15) is 0 Å². The van der Waals surface area contributed by atoms with Crippen molar-refractivity contribution in [3.05, 3.63) is 12.7 Å². The Morgan fingerprint density at radius 2 is 2.44 bits per heavy atom. The molecule has 2 heteroatoms. The molecule has 9 heavy (non-hydrogen) atoms. The quantitative estimate of drug-likeness (QED) is 0.468. The third-order valence-corrected chi connectivity index (χ3v) is 2.43. The maximum atomic E-state index is 3.70. The average molecular weight is 145 g/mol. The molecule has 0 aliphatic rings. The third kappa shape index (κ3) is 4.55. The molecule has 0 saturated heterocycles. The zero-order chi connectivity index (χ0) is 7.11. The smallest absolute Gasteiger partial charge is 0.0714 e. The van der Waals surface area contributed by atoms with Crippen LogP contribution in [0.2, 0.25) is 0 Å². The van der Waals surface area contributed by atoms with Crippen LogP contribution in [0.25, 0.3) is 0 Å². The van der Waals surface area contributed by atoms with E-state index in [2.05, 4.69) is 18.8 Å². The first-order valence-electron chi connectivity index (χ1n) is 3.26. The second kappa shape index (κ2) is 6.17. The molecule has 0 amide bonds. The van der Waals surface area contributed by atoms with Crippen molar-refractivity contribution in [1.82, 2.24) is 5.32 Å². The van der Waals surface area contributed by atoms with Gasteiger partial charge in [0.2, 0.25) is 0 Å². The van der Waals surface area contributed by atoms with Crippen molar-refractivity contribution in [3.8, 4) is 0 Å². The Labute approximate surface area is 61.9 Å². The van der Waals surface area contributed by atoms with Crippen LogP contribution < -0.4 is 5.32 Å². The van der Waals surface area contributed by atoms with Gasteiger partial charge in [0.25, 0.3) is 0 Å². The van der Waals surface area contributed by atoms with E-state index in [4.69, 9.17) is 0 Å². The molecule has 0 heterocycles. The van der Waals surface area contributed by atoms with Crippen LogP contribution in [0.5, 0.6) is 0 Å². The molecule has 0 aliphatic heterocycles. The van der Waals surface area contributed by atoms with Gasteiger partial charge in [0.15, 0.2) is 0 Å². The summed E-state index contributed by atoms with van der Waals surface area (Å²) >= 11 is 1.89. The molecule has 1 nitrogen and oxygen atoms in total. The predicted molar refractivity (Wildman–Crippen MR) is 45.8 cm³/mol. The highest BCUT2D eigenvalue weighted by atomic mass is 32.2. The molecule has 1 N–H and O–H groups in total. The molecule has 0 rings (SSSR count). The van der Waals surface area contributed by atoms with Crippen LogP contribution in [0.4, 0.5) is 0 Å². The Bertz CT molecular complexity index is 73.3. The molecule has 0 spiro atoms. The van der Waals surface area contributed by atoms with Gasteiger partial charge in [-0.25, -0.2) is 0 Å². The number of likely N-dealkylation sites (N-methyl/N-ethyl adjacent to an activating group) is 1. The van der Waals surface area contributed by atoms with Gasteiger partial charge in [-0.1, -0.05) is 13.0 Å². The van der Waals surface area contributed by atoms with Crippen molar-refractivity contribution in [2.75, 3.05) is 12.8 Å². The molecule has 0 aromatic rings. The minimum atomic E-state index is 0.435. The summed E-state index contributed by atoms with van der Waals surface area (Å²) in [6, 6.07) is 0. The summed E-state index contributed by atoms with van der Waals surface area (Å²) in [5, 5.41) is 3.57. The normalized spacial score (nSPS) is 13.1. The molecule has 0 aromatic heterocycles. The maximum Gasteiger partial charge on any atom is 0.0714 e. The van der Waals surface area contributed by atoms with E-state index >= 15 is 0 Å². The number of hydrogen-bond acceptors (Lipinski definition) is 2. The fourth-order valence-electron chi connectivity index (χ4n) is 0.514. The van der Waals surface area contributed by atoms with Gasteiger partial charge in [0.1, 0.15) is 0 Å². The van der Waals surface area contributed by atoms with Crippen LogP contribution in [0.15, 0.2) is 12.7 Å². The lowest BCUT2D eigenvalue weighted by Gasteiger charge is -2.08. The highest BCUT2D eigenvalue weighted by molar-refractivity contribution is 8.00. The van der Waals surface area contributed by atoms with Crippen molar-refractivity contribution < 1.29 is 0 Å². The topological polar surface area (TPSA) is 12.0 Å². The molecule has 1 atom stereocenters. The van der Waals surface area contributed by atoms with Crippen LogP contribution in [-0.4, -0.2) is 18.2 Å². The van der Waals surface area contributed by atoms with E-state index in [-0.39, 0.29) is 0 Å². The van der Waals surface area contributed by atoms with Gasteiger partial charge >= 0.3 is 0 Å². The third-order valence-electron chi connectivity index (χ3n) is 1.00. The fraction of sp³-hybridized carbons (Fsp3) is 0.714. The molecule has 0 fully saturated rings. The van der Waals surface area contributed by atoms with E-state index < -0.39 is 0 Å². The molecular formula is C7H15NS. The first kappa shape index (κ1) is 9.05. The lowest BCUT2D eigenvalue weighted by Crippen LogP contribution is -2.18. The molecule has 0 aromatic carbocycles. The van der Waals surface area contributed by atoms with Gasteiger partial charge in [0.05, 0.1) is 5.37 Å². The highest BCUT2D eigenvalue weighted by Gasteiger charge is 1.96. The van der Waals surface area contributed by atoms with Crippen molar-refractivity contribution in [1.29, 1.82) is 0 Å². The molecule has 0 bridgehead atoms. The molecule has 0 radical (unpaired) electrons. The fourth-order valence-corrected chi connectivity index (χ4v) is 1.31. The highest BCUT2D eigenvalue weighted by Crippen LogP contribution is 2.08. The molecule has 0 saturated carbocycles. The summed E-state index contributed by atoms with van der Waals surface area (Å²) in [6.45, 7) is 5.88. The van der Waals surface area contributed by atoms with Gasteiger partial charge < -0.3 is 5.32 Å². The summed E-state index contributed by atoms with van der Waals surface area (Å²) in [5.74, 6) is 1.21. The number of thioether (sulfide) groups is 1. The summed E-state index contributed by atoms with van der Waals surface area (Å²) in [4.78, 5) is 0. The first-order valence-corrected chi connectivity index (χ1v) is 4.31. The largest absolute Gasteiger partial charge is 0.305 e. The van der Waals surface area contributed by atoms with Gasteiger partial charge in [-0.3, -0.25) is 0 Å². The van der Waals surface area contributed by atoms with Crippen molar-refractivity contribution in [3.63, 3.8) is 0 Å². The maximum absolute atomic E-state index is 3.70. The number of rotatable bonds is 5. The summed E-state index contributed by atoms with van der Waals surface area (Å²) < 4.78 is 0. The van der Waals surface area contributed by atoms with E-state index in [1.54, 1.807) is 0 Å². The van der Waals surface area contributed by atoms with E-state index in [1.807, 2.05) is 24.9 Å². The Balaban J connectivity index is 3.20. The SMILES string of the molecule is C=CC(NC)SCCC. The monoisotopic (exact) mass is 145 g/mol. The van der Waals surface area contributed by atoms with Crippen LogP contribution >= 0.6 is 11.8 Å². The van der Waals surface area contributed by atoms with Crippen molar-refractivity contribution >= 4 is 11.8 Å². The Morgan fingerprint density at radius 1 is 1.78 bits per heavy atom. The number of nitrogens with one attached hydrogen (secondary N) is 1. The molecule has 54 valence electrons. The minimum Gasteiger partial charge on any atom is -0.305 e. The molecule has 0 aliphatic carbocycles. The summed E-state index contributed by atoms with van der Waals surface area (Å²) in [6.07, 6.45) is 3.16. The number of hydrogen-bond donors (Lipinski definition) is 1. The van der Waals surface area contributed by atoms with Crippen LogP contribution in [-0.2, 0) is 0 Å². The van der Waals surface area contributed by atoms with Gasteiger partial charge in [0, 0.05) is 0 Å². The zero-order valence-corrected chi connectivity index (χ0v) is 7.00. The minimum absolute atomic E-state index is 0.435. The van der Waals surface area contributed by atoms with Crippen LogP contribution in [0, 0.1) is 0 Å². The second-order valence-corrected chi connectivity index (χ2v) is 3.07. The Hall–Kier alpha value is 0.0500. The standard InChI is InChI=1S/C7H15NS/c1-4-6-9-7(5-2)8-3/h5,7-8H,2,4,6H2,1,3H3. The van der Waals surface area contributed by atoms with E-state index in [9.17, 15) is 0 Å². The van der Waals surface area contributed by atoms with Crippen molar-refractivity contribution in [2.45, 2.75) is 18.7 Å². The van der Waals surface area contributed by atoms with Crippen LogP contribution in [0.1, 0.15) is 13.3 Å². The van der Waals surface area contributed by atoms with Gasteiger partial charge in [-0.05, 0) is 19.2 Å². The second-order valence-electron chi connectivity index (χ2n) is 1.82. The Kier molecular flexibility index (Phi) is 6.21. The lowest BCUT2D eigenvalue weighted by atomic mass is 10.6. The van der Waals surface area contributed by atoms with Crippen molar-refractivity contribution in [2.24, 2.45) is 0 Å². The van der Waals surface area contributed by atoms with E-state index in [0.717, 1.165) is 0 Å². The zero-order valence-electron chi connectivity index (χ0n) is 6.18.